The third-order valence-corrected chi connectivity index (χ3v) is 10.3. The van der Waals surface area contributed by atoms with Gasteiger partial charge in [-0.05, 0) is 0 Å². The third-order valence-electron chi connectivity index (χ3n) is 4.39. The molecule has 0 bridgehead atoms. The summed E-state index contributed by atoms with van der Waals surface area (Å²) in [6, 6.07) is 4.06. The second-order valence-electron chi connectivity index (χ2n) is 9.24. The third kappa shape index (κ3) is 5.18. The van der Waals surface area contributed by atoms with E-state index < -0.39 is 24.0 Å². The summed E-state index contributed by atoms with van der Waals surface area (Å²) in [5.74, 6) is 0.957. The fraction of sp³-hybridized carbons (Fsp3) is 0.684. The van der Waals surface area contributed by atoms with Crippen molar-refractivity contribution < 1.29 is 9.53 Å². The van der Waals surface area contributed by atoms with E-state index >= 15 is 0 Å². The van der Waals surface area contributed by atoms with Crippen LogP contribution in [0.3, 0.4) is 0 Å². The van der Waals surface area contributed by atoms with Crippen LogP contribution in [0.25, 0.3) is 0 Å². The SMILES string of the molecule is CC1CN(c2ccc(Cl)[c]([Sn]([CH3])([CH3])[CH3])n2)CC(C)N1C(=O)OC(C)(C)C. The van der Waals surface area contributed by atoms with Crippen LogP contribution in [0.15, 0.2) is 12.1 Å². The first kappa shape index (κ1) is 21.6. The summed E-state index contributed by atoms with van der Waals surface area (Å²) in [4.78, 5) is 28.5. The molecule has 1 aromatic heterocycles. The summed E-state index contributed by atoms with van der Waals surface area (Å²) in [6.45, 7) is 11.3. The van der Waals surface area contributed by atoms with E-state index in [1.807, 2.05) is 37.8 Å². The van der Waals surface area contributed by atoms with Crippen molar-refractivity contribution in [3.63, 3.8) is 0 Å². The zero-order valence-electron chi connectivity index (χ0n) is 17.3. The molecule has 1 aliphatic rings. The molecule has 146 valence electrons. The minimum absolute atomic E-state index is 0.0488. The van der Waals surface area contributed by atoms with Gasteiger partial charge in [-0.25, -0.2) is 0 Å². The van der Waals surface area contributed by atoms with Crippen LogP contribution in [0, 0.1) is 0 Å². The van der Waals surface area contributed by atoms with Gasteiger partial charge in [-0.1, -0.05) is 0 Å². The van der Waals surface area contributed by atoms with Crippen LogP contribution >= 0.6 is 11.6 Å². The van der Waals surface area contributed by atoms with Gasteiger partial charge in [0.15, 0.2) is 0 Å². The van der Waals surface area contributed by atoms with E-state index in [2.05, 4.69) is 33.6 Å². The molecule has 2 atom stereocenters. The van der Waals surface area contributed by atoms with Gasteiger partial charge >= 0.3 is 167 Å². The first-order valence-corrected chi connectivity index (χ1v) is 19.6. The number of nitrogens with zero attached hydrogens (tertiary/aromatic N) is 3. The van der Waals surface area contributed by atoms with Crippen LogP contribution in [0.1, 0.15) is 34.6 Å². The number of rotatable bonds is 2. The standard InChI is InChI=1S/C16H23ClN3O2.3CH3.Sn/c1-11-9-19(14-7-6-13(17)8-18-14)10-12(2)20(11)15(21)22-16(3,4)5;;;;/h6-7,11-12H,9-10H2,1-5H3;3*1H3;. The molecular formula is C19H32ClN3O2Sn. The Morgan fingerprint density at radius 3 is 2.19 bits per heavy atom. The Balaban J connectivity index is 2.20. The van der Waals surface area contributed by atoms with Crippen molar-refractivity contribution in [1.82, 2.24) is 9.88 Å². The number of anilines is 1. The van der Waals surface area contributed by atoms with Crippen molar-refractivity contribution in [2.45, 2.75) is 67.1 Å². The van der Waals surface area contributed by atoms with Crippen LogP contribution in [0.5, 0.6) is 0 Å². The van der Waals surface area contributed by atoms with E-state index in [0.29, 0.717) is 0 Å². The number of halogens is 1. The molecule has 0 aliphatic carbocycles. The van der Waals surface area contributed by atoms with Crippen LogP contribution in [-0.4, -0.2) is 65.1 Å². The normalized spacial score (nSPS) is 21.7. The zero-order chi connectivity index (χ0) is 19.9. The van der Waals surface area contributed by atoms with E-state index in [-0.39, 0.29) is 18.2 Å². The summed E-state index contributed by atoms with van der Waals surface area (Å²) in [5, 5.41) is 0.783. The first-order chi connectivity index (χ1) is 11.8. The average molecular weight is 489 g/mol. The van der Waals surface area contributed by atoms with Gasteiger partial charge in [0, 0.05) is 0 Å². The van der Waals surface area contributed by atoms with E-state index in [4.69, 9.17) is 21.3 Å². The average Bonchev–Trinajstić information content (AvgIpc) is 2.43. The second kappa shape index (κ2) is 7.74. The number of hydrogen-bond acceptors (Lipinski definition) is 4. The number of carbonyl (C=O) groups is 1. The number of carbonyl (C=O) groups excluding carboxylic acids is 1. The van der Waals surface area contributed by atoms with Crippen molar-refractivity contribution in [3.8, 4) is 0 Å². The van der Waals surface area contributed by atoms with E-state index in [9.17, 15) is 4.79 Å². The minimum atomic E-state index is -2.39. The Hall–Kier alpha value is -0.691. The Morgan fingerprint density at radius 2 is 1.73 bits per heavy atom. The fourth-order valence-corrected chi connectivity index (χ4v) is 8.89. The summed E-state index contributed by atoms with van der Waals surface area (Å²) in [5.41, 5.74) is -0.486. The predicted octanol–water partition coefficient (Wildman–Crippen LogP) is 4.11. The first-order valence-electron chi connectivity index (χ1n) is 9.23. The molecule has 1 aromatic rings. The number of pyridine rings is 1. The topological polar surface area (TPSA) is 45.7 Å². The van der Waals surface area contributed by atoms with Gasteiger partial charge in [0.2, 0.25) is 0 Å². The van der Waals surface area contributed by atoms with E-state index in [1.54, 1.807) is 0 Å². The Bertz CT molecular complexity index is 658. The predicted molar refractivity (Wildman–Crippen MR) is 111 cm³/mol. The molecule has 2 rings (SSSR count). The Morgan fingerprint density at radius 1 is 1.19 bits per heavy atom. The molecule has 5 nitrogen and oxygen atoms in total. The summed E-state index contributed by atoms with van der Waals surface area (Å²) >= 11 is 4.02. The van der Waals surface area contributed by atoms with Gasteiger partial charge in [-0.15, -0.1) is 0 Å². The zero-order valence-corrected chi connectivity index (χ0v) is 20.9. The molecule has 2 heterocycles. The van der Waals surface area contributed by atoms with Crippen LogP contribution < -0.4 is 8.61 Å². The summed E-state index contributed by atoms with van der Waals surface area (Å²) in [6.07, 6.45) is -0.243. The molecule has 1 amide bonds. The number of aromatic nitrogens is 1. The molecule has 0 radical (unpaired) electrons. The maximum atomic E-state index is 12.6. The van der Waals surface area contributed by atoms with Gasteiger partial charge in [-0.3, -0.25) is 0 Å². The van der Waals surface area contributed by atoms with Gasteiger partial charge in [0.05, 0.1) is 0 Å². The number of amides is 1. The molecule has 1 aliphatic heterocycles. The Labute approximate surface area is 166 Å². The molecule has 1 saturated heterocycles. The molecule has 7 heteroatoms. The van der Waals surface area contributed by atoms with Gasteiger partial charge in [-0.2, -0.15) is 0 Å². The molecule has 0 spiro atoms. The summed E-state index contributed by atoms with van der Waals surface area (Å²) < 4.78 is 6.69. The Kier molecular flexibility index (Phi) is 6.43. The quantitative estimate of drug-likeness (QED) is 0.588. The van der Waals surface area contributed by atoms with Crippen molar-refractivity contribution >= 4 is 45.6 Å². The molecule has 0 aromatic carbocycles. The number of piperazine rings is 1. The van der Waals surface area contributed by atoms with Gasteiger partial charge in [0.1, 0.15) is 0 Å². The molecule has 26 heavy (non-hydrogen) atoms. The number of hydrogen-bond donors (Lipinski definition) is 0. The van der Waals surface area contributed by atoms with Crippen molar-refractivity contribution in [2.75, 3.05) is 18.0 Å². The van der Waals surface area contributed by atoms with Crippen LogP contribution in [-0.2, 0) is 4.74 Å². The van der Waals surface area contributed by atoms with Gasteiger partial charge < -0.3 is 0 Å². The van der Waals surface area contributed by atoms with E-state index in [1.165, 1.54) is 0 Å². The molecule has 0 saturated carbocycles. The molecule has 2 unspecified atom stereocenters. The molecule has 0 N–H and O–H groups in total. The summed E-state index contributed by atoms with van der Waals surface area (Å²) in [7, 11) is 0. The molecule has 1 fully saturated rings. The van der Waals surface area contributed by atoms with Crippen LogP contribution in [0.2, 0.25) is 19.8 Å². The van der Waals surface area contributed by atoms with Crippen molar-refractivity contribution in [1.29, 1.82) is 0 Å². The second-order valence-corrected chi connectivity index (χ2v) is 23.8. The monoisotopic (exact) mass is 489 g/mol. The van der Waals surface area contributed by atoms with E-state index in [0.717, 1.165) is 27.6 Å². The van der Waals surface area contributed by atoms with Crippen molar-refractivity contribution in [2.24, 2.45) is 0 Å². The number of ether oxygens (including phenoxy) is 1. The van der Waals surface area contributed by atoms with Crippen molar-refractivity contribution in [3.05, 3.63) is 17.2 Å². The maximum absolute atomic E-state index is 12.6. The van der Waals surface area contributed by atoms with Gasteiger partial charge in [0.25, 0.3) is 0 Å². The van der Waals surface area contributed by atoms with Crippen LogP contribution in [0.4, 0.5) is 10.6 Å². The molecular weight excluding hydrogens is 456 g/mol. The fourth-order valence-electron chi connectivity index (χ4n) is 3.32.